The molecule has 0 aliphatic carbocycles. The second kappa shape index (κ2) is 6.73. The van der Waals surface area contributed by atoms with Gasteiger partial charge in [-0.1, -0.05) is 50.1 Å². The summed E-state index contributed by atoms with van der Waals surface area (Å²) < 4.78 is 0. The Morgan fingerprint density at radius 2 is 1.95 bits per heavy atom. The van der Waals surface area contributed by atoms with E-state index >= 15 is 0 Å². The normalized spacial score (nSPS) is 30.4. The molecule has 110 valence electrons. The summed E-state index contributed by atoms with van der Waals surface area (Å²) in [6.07, 6.45) is 6.66. The van der Waals surface area contributed by atoms with Crippen molar-refractivity contribution in [3.63, 3.8) is 0 Å². The number of hydrogen-bond donors (Lipinski definition) is 1. The summed E-state index contributed by atoms with van der Waals surface area (Å²) in [7, 11) is 0. The van der Waals surface area contributed by atoms with Crippen LogP contribution in [0.1, 0.15) is 50.6 Å². The fourth-order valence-corrected chi connectivity index (χ4v) is 3.85. The van der Waals surface area contributed by atoms with Crippen LogP contribution in [0.5, 0.6) is 0 Å². The van der Waals surface area contributed by atoms with Gasteiger partial charge in [-0.25, -0.2) is 0 Å². The second-order valence-corrected chi connectivity index (χ2v) is 6.52. The number of nitrogens with zero attached hydrogens (tertiary/aromatic N) is 1. The van der Waals surface area contributed by atoms with E-state index in [-0.39, 0.29) is 0 Å². The van der Waals surface area contributed by atoms with E-state index in [0.717, 1.165) is 5.92 Å². The zero-order chi connectivity index (χ0) is 13.8. The average molecular weight is 272 g/mol. The number of fused-ring (bicyclic) bond motifs is 3. The van der Waals surface area contributed by atoms with Crippen molar-refractivity contribution in [3.8, 4) is 0 Å². The van der Waals surface area contributed by atoms with E-state index in [2.05, 4.69) is 47.5 Å². The summed E-state index contributed by atoms with van der Waals surface area (Å²) in [5.41, 5.74) is 1.47. The summed E-state index contributed by atoms with van der Waals surface area (Å²) in [6, 6.07) is 12.3. The smallest absolute Gasteiger partial charge is 0.0323 e. The highest BCUT2D eigenvalue weighted by Gasteiger charge is 2.34. The van der Waals surface area contributed by atoms with Crippen LogP contribution in [0.15, 0.2) is 30.3 Å². The predicted molar refractivity (Wildman–Crippen MR) is 84.8 cm³/mol. The van der Waals surface area contributed by atoms with Gasteiger partial charge in [-0.2, -0.15) is 0 Å². The van der Waals surface area contributed by atoms with Crippen molar-refractivity contribution < 1.29 is 0 Å². The van der Waals surface area contributed by atoms with E-state index in [0.29, 0.717) is 12.1 Å². The maximum atomic E-state index is 4.00. The number of unbranched alkanes of at least 4 members (excludes halogenated alkanes) is 1. The zero-order valence-electron chi connectivity index (χ0n) is 12.7. The molecular weight excluding hydrogens is 244 g/mol. The van der Waals surface area contributed by atoms with E-state index < -0.39 is 0 Å². The molecule has 3 heterocycles. The van der Waals surface area contributed by atoms with Gasteiger partial charge in [-0.3, -0.25) is 0 Å². The lowest BCUT2D eigenvalue weighted by Crippen LogP contribution is -2.56. The predicted octanol–water partition coefficient (Wildman–Crippen LogP) is 3.60. The van der Waals surface area contributed by atoms with Crippen molar-refractivity contribution in [1.82, 2.24) is 10.2 Å². The largest absolute Gasteiger partial charge is 0.306 e. The van der Waals surface area contributed by atoms with Crippen molar-refractivity contribution >= 4 is 0 Å². The molecule has 1 aromatic rings. The molecule has 0 spiro atoms. The Labute approximate surface area is 123 Å². The van der Waals surface area contributed by atoms with Crippen molar-refractivity contribution in [2.75, 3.05) is 19.6 Å². The third-order valence-electron chi connectivity index (χ3n) is 5.12. The molecule has 2 heteroatoms. The lowest BCUT2D eigenvalue weighted by molar-refractivity contribution is 0.0661. The molecule has 4 rings (SSSR count). The number of hydrogen-bond acceptors (Lipinski definition) is 2. The molecule has 2 bridgehead atoms. The highest BCUT2D eigenvalue weighted by atomic mass is 15.2. The fourth-order valence-electron chi connectivity index (χ4n) is 3.85. The van der Waals surface area contributed by atoms with E-state index in [9.17, 15) is 0 Å². The minimum Gasteiger partial charge on any atom is -0.306 e. The summed E-state index contributed by atoms with van der Waals surface area (Å²) in [6.45, 7) is 6.21. The molecule has 0 saturated carbocycles. The molecular formula is C18H28N2. The van der Waals surface area contributed by atoms with Gasteiger partial charge in [-0.15, -0.1) is 0 Å². The summed E-state index contributed by atoms with van der Waals surface area (Å²) in [4.78, 5) is 2.64. The van der Waals surface area contributed by atoms with Gasteiger partial charge in [0.25, 0.3) is 0 Å². The molecule has 3 aliphatic heterocycles. The van der Waals surface area contributed by atoms with Crippen LogP contribution in [0.2, 0.25) is 0 Å². The van der Waals surface area contributed by atoms with Crippen LogP contribution in [0, 0.1) is 5.92 Å². The summed E-state index contributed by atoms with van der Waals surface area (Å²) in [5, 5.41) is 4.00. The van der Waals surface area contributed by atoms with Gasteiger partial charge >= 0.3 is 0 Å². The Hall–Kier alpha value is -0.860. The average Bonchev–Trinajstić information content (AvgIpc) is 2.53. The minimum absolute atomic E-state index is 0.543. The third-order valence-corrected chi connectivity index (χ3v) is 5.12. The van der Waals surface area contributed by atoms with E-state index in [4.69, 9.17) is 0 Å². The third kappa shape index (κ3) is 3.24. The molecule has 1 N–H and O–H groups in total. The first-order valence-corrected chi connectivity index (χ1v) is 8.40. The number of nitrogens with one attached hydrogen (secondary N) is 1. The Bertz CT molecular complexity index is 395. The highest BCUT2D eigenvalue weighted by molar-refractivity contribution is 5.19. The minimum atomic E-state index is 0.543. The van der Waals surface area contributed by atoms with E-state index in [1.807, 2.05) is 0 Å². The molecule has 3 fully saturated rings. The Morgan fingerprint density at radius 3 is 2.55 bits per heavy atom. The lowest BCUT2D eigenvalue weighted by atomic mass is 9.83. The SMILES string of the molecule is CCCCC(NC1CN2CCC1CC2)c1ccccc1. The summed E-state index contributed by atoms with van der Waals surface area (Å²) >= 11 is 0. The van der Waals surface area contributed by atoms with Crippen molar-refractivity contribution in [1.29, 1.82) is 0 Å². The van der Waals surface area contributed by atoms with Crippen LogP contribution in [-0.2, 0) is 0 Å². The second-order valence-electron chi connectivity index (χ2n) is 6.52. The summed E-state index contributed by atoms with van der Waals surface area (Å²) in [5.74, 6) is 0.910. The van der Waals surface area contributed by atoms with Crippen LogP contribution in [0.4, 0.5) is 0 Å². The van der Waals surface area contributed by atoms with E-state index in [1.54, 1.807) is 0 Å². The molecule has 2 nitrogen and oxygen atoms in total. The molecule has 1 aromatic carbocycles. The van der Waals surface area contributed by atoms with E-state index in [1.165, 1.54) is 57.3 Å². The van der Waals surface area contributed by atoms with Crippen LogP contribution in [0.25, 0.3) is 0 Å². The molecule has 2 atom stereocenters. The molecule has 3 saturated heterocycles. The van der Waals surface area contributed by atoms with Crippen LogP contribution in [-0.4, -0.2) is 30.6 Å². The van der Waals surface area contributed by atoms with Crippen molar-refractivity contribution in [2.24, 2.45) is 5.92 Å². The first kappa shape index (κ1) is 14.1. The van der Waals surface area contributed by atoms with Crippen molar-refractivity contribution in [2.45, 2.75) is 51.1 Å². The van der Waals surface area contributed by atoms with Gasteiger partial charge in [0.05, 0.1) is 0 Å². The van der Waals surface area contributed by atoms with Gasteiger partial charge < -0.3 is 10.2 Å². The van der Waals surface area contributed by atoms with Gasteiger partial charge in [0, 0.05) is 18.6 Å². The number of rotatable bonds is 6. The fraction of sp³-hybridized carbons (Fsp3) is 0.667. The maximum absolute atomic E-state index is 4.00. The van der Waals surface area contributed by atoms with Gasteiger partial charge in [0.2, 0.25) is 0 Å². The van der Waals surface area contributed by atoms with Crippen LogP contribution in [0.3, 0.4) is 0 Å². The standard InChI is InChI=1S/C18H28N2/c1-2-3-9-17(15-7-5-4-6-8-15)19-18-14-20-12-10-16(18)11-13-20/h4-8,16-19H,2-3,9-14H2,1H3. The van der Waals surface area contributed by atoms with Crippen LogP contribution >= 0.6 is 0 Å². The Balaban J connectivity index is 1.67. The van der Waals surface area contributed by atoms with Crippen LogP contribution < -0.4 is 5.32 Å². The van der Waals surface area contributed by atoms with Crippen molar-refractivity contribution in [3.05, 3.63) is 35.9 Å². The molecule has 3 aliphatic rings. The maximum Gasteiger partial charge on any atom is 0.0323 e. The first-order chi connectivity index (χ1) is 9.86. The molecule has 0 aromatic heterocycles. The zero-order valence-corrected chi connectivity index (χ0v) is 12.7. The van der Waals surface area contributed by atoms with Gasteiger partial charge in [0.1, 0.15) is 0 Å². The lowest BCUT2D eigenvalue weighted by Gasteiger charge is -2.46. The molecule has 2 unspecified atom stereocenters. The number of benzene rings is 1. The molecule has 0 amide bonds. The monoisotopic (exact) mass is 272 g/mol. The quantitative estimate of drug-likeness (QED) is 0.851. The van der Waals surface area contributed by atoms with Gasteiger partial charge in [0.15, 0.2) is 0 Å². The Morgan fingerprint density at radius 1 is 1.20 bits per heavy atom. The molecule has 0 radical (unpaired) electrons. The Kier molecular flexibility index (Phi) is 4.74. The molecule has 20 heavy (non-hydrogen) atoms. The highest BCUT2D eigenvalue weighted by Crippen LogP contribution is 2.30. The topological polar surface area (TPSA) is 15.3 Å². The first-order valence-electron chi connectivity index (χ1n) is 8.40. The number of piperidine rings is 3. The van der Waals surface area contributed by atoms with Gasteiger partial charge in [-0.05, 0) is 43.8 Å².